The number of aryl methyl sites for hydroxylation is 1. The summed E-state index contributed by atoms with van der Waals surface area (Å²) in [6.45, 7) is 2.02. The van der Waals surface area contributed by atoms with Crippen molar-refractivity contribution in [2.75, 3.05) is 5.32 Å². The molecule has 2 amide bonds. The molecule has 7 nitrogen and oxygen atoms in total. The first-order valence-corrected chi connectivity index (χ1v) is 12.2. The number of carbonyl (C=O) groups is 2. The largest absolute Gasteiger partial charge is 0.507 e. The SMILES string of the molecule is Cc1ccccc1C(=O)Nc1ccc(-c2cc(C3CCC3)n(C(=O)NCc3cccc(F)c3)n2)c(O)c1. The van der Waals surface area contributed by atoms with Crippen molar-refractivity contribution in [3.05, 3.63) is 101 Å². The van der Waals surface area contributed by atoms with E-state index in [9.17, 15) is 19.1 Å². The van der Waals surface area contributed by atoms with E-state index in [1.54, 1.807) is 36.4 Å². The van der Waals surface area contributed by atoms with Gasteiger partial charge in [0.15, 0.2) is 0 Å². The zero-order chi connectivity index (χ0) is 25.9. The van der Waals surface area contributed by atoms with E-state index in [-0.39, 0.29) is 29.9 Å². The van der Waals surface area contributed by atoms with Crippen molar-refractivity contribution in [3.8, 4) is 17.0 Å². The lowest BCUT2D eigenvalue weighted by Crippen LogP contribution is -2.31. The number of nitrogens with zero attached hydrogens (tertiary/aromatic N) is 2. The molecule has 0 bridgehead atoms. The lowest BCUT2D eigenvalue weighted by molar-refractivity contribution is 0.102. The van der Waals surface area contributed by atoms with Crippen LogP contribution in [0.3, 0.4) is 0 Å². The maximum absolute atomic E-state index is 13.5. The molecule has 1 aliphatic carbocycles. The minimum absolute atomic E-state index is 0.0624. The van der Waals surface area contributed by atoms with Gasteiger partial charge in [0.25, 0.3) is 5.91 Å². The summed E-state index contributed by atoms with van der Waals surface area (Å²) in [5.74, 6) is -0.488. The van der Waals surface area contributed by atoms with Gasteiger partial charge >= 0.3 is 6.03 Å². The average Bonchev–Trinajstić information content (AvgIpc) is 3.26. The van der Waals surface area contributed by atoms with Crippen molar-refractivity contribution in [1.29, 1.82) is 0 Å². The van der Waals surface area contributed by atoms with Gasteiger partial charge in [0, 0.05) is 35.3 Å². The third kappa shape index (κ3) is 5.23. The molecule has 3 aromatic carbocycles. The molecule has 188 valence electrons. The topological polar surface area (TPSA) is 96.3 Å². The predicted octanol–water partition coefficient (Wildman–Crippen LogP) is 5.98. The number of aromatic nitrogens is 2. The number of halogens is 1. The third-order valence-electron chi connectivity index (χ3n) is 6.71. The molecule has 0 spiro atoms. The molecule has 1 aliphatic rings. The molecule has 0 radical (unpaired) electrons. The van der Waals surface area contributed by atoms with Crippen LogP contribution in [0, 0.1) is 12.7 Å². The van der Waals surface area contributed by atoms with E-state index >= 15 is 0 Å². The maximum atomic E-state index is 13.5. The maximum Gasteiger partial charge on any atom is 0.342 e. The van der Waals surface area contributed by atoms with E-state index in [0.717, 1.165) is 30.5 Å². The number of rotatable bonds is 6. The van der Waals surface area contributed by atoms with Crippen LogP contribution < -0.4 is 10.6 Å². The summed E-state index contributed by atoms with van der Waals surface area (Å²) >= 11 is 0. The highest BCUT2D eigenvalue weighted by molar-refractivity contribution is 6.05. The first-order chi connectivity index (χ1) is 17.9. The monoisotopic (exact) mass is 498 g/mol. The van der Waals surface area contributed by atoms with Crippen LogP contribution in [0.5, 0.6) is 5.75 Å². The van der Waals surface area contributed by atoms with E-state index in [1.807, 2.05) is 25.1 Å². The van der Waals surface area contributed by atoms with E-state index in [0.29, 0.717) is 28.1 Å². The molecule has 0 saturated heterocycles. The Balaban J connectivity index is 1.36. The Morgan fingerprint density at radius 1 is 1.05 bits per heavy atom. The van der Waals surface area contributed by atoms with Crippen molar-refractivity contribution in [2.45, 2.75) is 38.6 Å². The van der Waals surface area contributed by atoms with Gasteiger partial charge in [-0.15, -0.1) is 0 Å². The molecule has 0 aliphatic heterocycles. The molecule has 4 aromatic rings. The molecule has 0 unspecified atom stereocenters. The van der Waals surface area contributed by atoms with E-state index < -0.39 is 6.03 Å². The second kappa shape index (κ2) is 10.3. The van der Waals surface area contributed by atoms with Crippen LogP contribution in [-0.4, -0.2) is 26.8 Å². The van der Waals surface area contributed by atoms with Gasteiger partial charge in [-0.25, -0.2) is 9.18 Å². The number of aromatic hydroxyl groups is 1. The van der Waals surface area contributed by atoms with E-state index in [1.165, 1.54) is 22.9 Å². The van der Waals surface area contributed by atoms with Crippen LogP contribution in [0.1, 0.15) is 52.4 Å². The number of nitrogens with one attached hydrogen (secondary N) is 2. The first kappa shape index (κ1) is 24.2. The van der Waals surface area contributed by atoms with Gasteiger partial charge in [-0.2, -0.15) is 9.78 Å². The summed E-state index contributed by atoms with van der Waals surface area (Å²) in [6.07, 6.45) is 2.99. The minimum Gasteiger partial charge on any atom is -0.507 e. The van der Waals surface area contributed by atoms with Crippen LogP contribution in [0.4, 0.5) is 14.9 Å². The van der Waals surface area contributed by atoms with Gasteiger partial charge in [-0.1, -0.05) is 36.8 Å². The summed E-state index contributed by atoms with van der Waals surface area (Å²) in [7, 11) is 0. The Kier molecular flexibility index (Phi) is 6.72. The van der Waals surface area contributed by atoms with Gasteiger partial charge in [0.2, 0.25) is 0 Å². The van der Waals surface area contributed by atoms with Crippen LogP contribution >= 0.6 is 0 Å². The van der Waals surface area contributed by atoms with Gasteiger partial charge in [0.05, 0.1) is 11.4 Å². The van der Waals surface area contributed by atoms with Crippen molar-refractivity contribution >= 4 is 17.6 Å². The number of hydrogen-bond acceptors (Lipinski definition) is 4. The van der Waals surface area contributed by atoms with Gasteiger partial charge in [-0.05, 0) is 67.3 Å². The molecule has 1 heterocycles. The molecule has 1 aromatic heterocycles. The number of anilines is 1. The van der Waals surface area contributed by atoms with Crippen LogP contribution in [0.15, 0.2) is 72.8 Å². The minimum atomic E-state index is -0.418. The van der Waals surface area contributed by atoms with Crippen LogP contribution in [-0.2, 0) is 6.54 Å². The first-order valence-electron chi connectivity index (χ1n) is 12.2. The molecule has 3 N–H and O–H groups in total. The molecule has 1 saturated carbocycles. The summed E-state index contributed by atoms with van der Waals surface area (Å²) in [5, 5.41) is 20.9. The van der Waals surface area contributed by atoms with E-state index in [4.69, 9.17) is 0 Å². The second-order valence-electron chi connectivity index (χ2n) is 9.28. The predicted molar refractivity (Wildman–Crippen MR) is 139 cm³/mol. The normalized spacial score (nSPS) is 13.1. The Morgan fingerprint density at radius 2 is 1.86 bits per heavy atom. The standard InChI is InChI=1S/C29H27FN4O3/c1-18-6-2-3-11-23(18)28(36)32-22-12-13-24(27(35)15-22)25-16-26(20-8-5-9-20)34(33-25)29(37)31-17-19-7-4-10-21(30)14-19/h2-4,6-7,10-16,20,35H,5,8-9,17H2,1H3,(H,31,37)(H,32,36). The van der Waals surface area contributed by atoms with Crippen molar-refractivity contribution in [2.24, 2.45) is 0 Å². The Labute approximate surface area is 214 Å². The van der Waals surface area contributed by atoms with Gasteiger partial charge < -0.3 is 15.7 Å². The fourth-order valence-electron chi connectivity index (χ4n) is 4.44. The fourth-order valence-corrected chi connectivity index (χ4v) is 4.44. The molecular weight excluding hydrogens is 471 g/mol. The Hall–Kier alpha value is -4.46. The smallest absolute Gasteiger partial charge is 0.342 e. The van der Waals surface area contributed by atoms with Crippen molar-refractivity contribution in [3.63, 3.8) is 0 Å². The number of hydrogen-bond donors (Lipinski definition) is 3. The summed E-state index contributed by atoms with van der Waals surface area (Å²) in [5.41, 5.74) is 4.18. The quantitative estimate of drug-likeness (QED) is 0.305. The van der Waals surface area contributed by atoms with Crippen LogP contribution in [0.2, 0.25) is 0 Å². The number of benzene rings is 3. The highest BCUT2D eigenvalue weighted by atomic mass is 19.1. The second-order valence-corrected chi connectivity index (χ2v) is 9.28. The number of amides is 2. The highest BCUT2D eigenvalue weighted by Crippen LogP contribution is 2.39. The highest BCUT2D eigenvalue weighted by Gasteiger charge is 2.27. The third-order valence-corrected chi connectivity index (χ3v) is 6.71. The molecule has 8 heteroatoms. The fraction of sp³-hybridized carbons (Fsp3) is 0.207. The average molecular weight is 499 g/mol. The Bertz CT molecular complexity index is 1480. The summed E-state index contributed by atoms with van der Waals surface area (Å²) in [4.78, 5) is 25.7. The van der Waals surface area contributed by atoms with E-state index in [2.05, 4.69) is 15.7 Å². The van der Waals surface area contributed by atoms with Crippen LogP contribution in [0.25, 0.3) is 11.3 Å². The molecule has 1 fully saturated rings. The molecule has 5 rings (SSSR count). The molecular formula is C29H27FN4O3. The van der Waals surface area contributed by atoms with Gasteiger partial charge in [-0.3, -0.25) is 4.79 Å². The zero-order valence-corrected chi connectivity index (χ0v) is 20.4. The number of carbonyl (C=O) groups excluding carboxylic acids is 2. The summed E-state index contributed by atoms with van der Waals surface area (Å²) in [6, 6.07) is 19.6. The number of phenolic OH excluding ortho intramolecular Hbond substituents is 1. The lowest BCUT2D eigenvalue weighted by Gasteiger charge is -2.25. The molecule has 0 atom stereocenters. The lowest BCUT2D eigenvalue weighted by atomic mass is 9.82. The van der Waals surface area contributed by atoms with Crippen molar-refractivity contribution in [1.82, 2.24) is 15.1 Å². The van der Waals surface area contributed by atoms with Crippen molar-refractivity contribution < 1.29 is 19.1 Å². The zero-order valence-electron chi connectivity index (χ0n) is 20.4. The number of phenols is 1. The Morgan fingerprint density at radius 3 is 2.57 bits per heavy atom. The summed E-state index contributed by atoms with van der Waals surface area (Å²) < 4.78 is 14.8. The van der Waals surface area contributed by atoms with Gasteiger partial charge in [0.1, 0.15) is 11.6 Å². The molecule has 37 heavy (non-hydrogen) atoms.